The van der Waals surface area contributed by atoms with E-state index in [1.54, 1.807) is 13.0 Å². The molecule has 0 N–H and O–H groups in total. The topological polar surface area (TPSA) is 52.6 Å². The lowest BCUT2D eigenvalue weighted by Crippen LogP contribution is -1.99. The summed E-state index contributed by atoms with van der Waals surface area (Å²) in [5.41, 5.74) is 6.25. The van der Waals surface area contributed by atoms with Crippen LogP contribution >= 0.6 is 0 Å². The molecule has 170 valence electrons. The molecule has 0 radical (unpaired) electrons. The van der Waals surface area contributed by atoms with Gasteiger partial charge in [0, 0.05) is 11.6 Å². The third-order valence-electron chi connectivity index (χ3n) is 5.29. The molecule has 0 bridgehead atoms. The molecule has 0 amide bonds. The predicted octanol–water partition coefficient (Wildman–Crippen LogP) is 6.90. The molecule has 33 heavy (non-hydrogen) atoms. The maximum absolute atomic E-state index is 11.9. The molecule has 0 aromatic heterocycles. The molecule has 0 atom stereocenters. The Kier molecular flexibility index (Phi) is 8.59. The second-order valence-corrected chi connectivity index (χ2v) is 7.83. The summed E-state index contributed by atoms with van der Waals surface area (Å²) < 4.78 is 10.9. The average Bonchev–Trinajstić information content (AvgIpc) is 2.83. The summed E-state index contributed by atoms with van der Waals surface area (Å²) in [4.78, 5) is 23.8. The number of hydrogen-bond acceptors (Lipinski definition) is 4. The monoisotopic (exact) mass is 442 g/mol. The van der Waals surface area contributed by atoms with E-state index in [2.05, 4.69) is 13.0 Å². The van der Waals surface area contributed by atoms with Gasteiger partial charge in [-0.3, -0.25) is 4.79 Å². The van der Waals surface area contributed by atoms with E-state index >= 15 is 0 Å². The molecule has 0 aliphatic carbocycles. The van der Waals surface area contributed by atoms with Gasteiger partial charge < -0.3 is 9.47 Å². The van der Waals surface area contributed by atoms with Gasteiger partial charge >= 0.3 is 5.97 Å². The fourth-order valence-corrected chi connectivity index (χ4v) is 3.62. The first-order valence-corrected chi connectivity index (χ1v) is 11.3. The maximum Gasteiger partial charge on any atom is 0.330 e. The van der Waals surface area contributed by atoms with Crippen molar-refractivity contribution in [1.82, 2.24) is 0 Å². The number of aryl methyl sites for hydroxylation is 1. The third-order valence-corrected chi connectivity index (χ3v) is 5.29. The van der Waals surface area contributed by atoms with Gasteiger partial charge in [0.05, 0.1) is 13.2 Å². The summed E-state index contributed by atoms with van der Waals surface area (Å²) in [7, 11) is 0. The first-order chi connectivity index (χ1) is 16.0. The first-order valence-electron chi connectivity index (χ1n) is 11.3. The lowest BCUT2D eigenvalue weighted by molar-refractivity contribution is -0.137. The number of rotatable bonds is 10. The van der Waals surface area contributed by atoms with Crippen LogP contribution in [0.3, 0.4) is 0 Å². The number of benzene rings is 3. The molecule has 0 aliphatic heterocycles. The van der Waals surface area contributed by atoms with Crippen molar-refractivity contribution in [3.8, 4) is 28.0 Å². The fraction of sp³-hybridized carbons (Fsp3) is 0.241. The molecule has 3 aromatic carbocycles. The minimum atomic E-state index is -0.399. The van der Waals surface area contributed by atoms with E-state index in [0.717, 1.165) is 58.3 Å². The van der Waals surface area contributed by atoms with E-state index in [0.29, 0.717) is 18.8 Å². The van der Waals surface area contributed by atoms with Crippen LogP contribution in [-0.4, -0.2) is 25.5 Å². The highest BCUT2D eigenvalue weighted by Crippen LogP contribution is 2.33. The molecule has 0 unspecified atom stereocenters. The van der Waals surface area contributed by atoms with E-state index in [-0.39, 0.29) is 0 Å². The quantitative estimate of drug-likeness (QED) is 0.148. The van der Waals surface area contributed by atoms with Gasteiger partial charge in [0.1, 0.15) is 5.75 Å². The van der Waals surface area contributed by atoms with Crippen LogP contribution in [0.25, 0.3) is 28.3 Å². The van der Waals surface area contributed by atoms with Gasteiger partial charge in [0.15, 0.2) is 6.29 Å². The van der Waals surface area contributed by atoms with Crippen molar-refractivity contribution in [3.63, 3.8) is 0 Å². The van der Waals surface area contributed by atoms with Crippen LogP contribution in [0.4, 0.5) is 0 Å². The summed E-state index contributed by atoms with van der Waals surface area (Å²) >= 11 is 0. The number of ether oxygens (including phenoxy) is 2. The lowest BCUT2D eigenvalue weighted by Gasteiger charge is -2.13. The van der Waals surface area contributed by atoms with E-state index in [4.69, 9.17) is 9.47 Å². The molecule has 3 aromatic rings. The molecule has 0 heterocycles. The summed E-state index contributed by atoms with van der Waals surface area (Å²) in [6.45, 7) is 6.88. The van der Waals surface area contributed by atoms with Gasteiger partial charge in [-0.1, -0.05) is 61.4 Å². The number of esters is 1. The van der Waals surface area contributed by atoms with Crippen LogP contribution < -0.4 is 4.74 Å². The average molecular weight is 443 g/mol. The molecular formula is C29H30O4. The third kappa shape index (κ3) is 6.42. The van der Waals surface area contributed by atoms with Crippen molar-refractivity contribution >= 4 is 18.3 Å². The van der Waals surface area contributed by atoms with Crippen LogP contribution in [0.5, 0.6) is 5.75 Å². The predicted molar refractivity (Wildman–Crippen MR) is 134 cm³/mol. The maximum atomic E-state index is 11.9. The zero-order valence-electron chi connectivity index (χ0n) is 19.5. The Morgan fingerprint density at radius 3 is 2.39 bits per heavy atom. The van der Waals surface area contributed by atoms with E-state index in [1.807, 2.05) is 61.5 Å². The minimum Gasteiger partial charge on any atom is -0.494 e. The number of carbonyl (C=O) groups is 2. The first kappa shape index (κ1) is 24.0. The minimum absolute atomic E-state index is 0.319. The number of carbonyl (C=O) groups excluding carboxylic acids is 2. The zero-order valence-corrected chi connectivity index (χ0v) is 19.5. The molecule has 0 saturated heterocycles. The molecular weight excluding hydrogens is 412 g/mol. The molecule has 0 spiro atoms. The van der Waals surface area contributed by atoms with Gasteiger partial charge in [-0.2, -0.15) is 0 Å². The highest BCUT2D eigenvalue weighted by atomic mass is 16.5. The SMILES string of the molecule is CCCCOc1ccc(-c2ccc(-c3cccc(C)c3)c(C=O)c2)c(/C=C/C(=O)OCC)c1. The van der Waals surface area contributed by atoms with Crippen molar-refractivity contribution < 1.29 is 19.1 Å². The number of unbranched alkanes of at least 4 members (excludes halogenated alkanes) is 1. The van der Waals surface area contributed by atoms with Crippen LogP contribution in [0.2, 0.25) is 0 Å². The standard InChI is InChI=1S/C29H30O4/c1-4-6-16-33-26-12-14-27(24(19-26)11-15-29(31)32-5-2)23-10-13-28(25(18-23)20-30)22-9-7-8-21(3)17-22/h7-15,17-20H,4-6,16H2,1-3H3/b15-11+. The number of aldehydes is 1. The Labute approximate surface area is 195 Å². The van der Waals surface area contributed by atoms with Crippen molar-refractivity contribution in [2.24, 2.45) is 0 Å². The molecule has 0 saturated carbocycles. The van der Waals surface area contributed by atoms with E-state index in [9.17, 15) is 9.59 Å². The smallest absolute Gasteiger partial charge is 0.330 e. The van der Waals surface area contributed by atoms with E-state index < -0.39 is 5.97 Å². The largest absolute Gasteiger partial charge is 0.494 e. The zero-order chi connectivity index (χ0) is 23.6. The fourth-order valence-electron chi connectivity index (χ4n) is 3.62. The molecule has 3 rings (SSSR count). The Balaban J connectivity index is 2.02. The van der Waals surface area contributed by atoms with Crippen LogP contribution in [0.15, 0.2) is 66.7 Å². The van der Waals surface area contributed by atoms with Gasteiger partial charge in [-0.25, -0.2) is 4.79 Å². The Hall–Kier alpha value is -3.66. The Bertz CT molecular complexity index is 1140. The summed E-state index contributed by atoms with van der Waals surface area (Å²) in [6.07, 6.45) is 6.06. The lowest BCUT2D eigenvalue weighted by atomic mass is 9.92. The van der Waals surface area contributed by atoms with Crippen molar-refractivity contribution in [1.29, 1.82) is 0 Å². The highest BCUT2D eigenvalue weighted by molar-refractivity contribution is 5.92. The summed E-state index contributed by atoms with van der Waals surface area (Å²) in [6, 6.07) is 19.7. The molecule has 4 heteroatoms. The van der Waals surface area contributed by atoms with Gasteiger partial charge in [-0.15, -0.1) is 0 Å². The van der Waals surface area contributed by atoms with E-state index in [1.165, 1.54) is 6.08 Å². The van der Waals surface area contributed by atoms with Gasteiger partial charge in [-0.05, 0) is 72.4 Å². The second kappa shape index (κ2) is 11.8. The van der Waals surface area contributed by atoms with Crippen molar-refractivity contribution in [2.45, 2.75) is 33.6 Å². The van der Waals surface area contributed by atoms with Crippen molar-refractivity contribution in [2.75, 3.05) is 13.2 Å². The van der Waals surface area contributed by atoms with Crippen LogP contribution in [0.1, 0.15) is 48.2 Å². The Morgan fingerprint density at radius 2 is 1.67 bits per heavy atom. The van der Waals surface area contributed by atoms with Crippen molar-refractivity contribution in [3.05, 3.63) is 83.4 Å². The second-order valence-electron chi connectivity index (χ2n) is 7.83. The van der Waals surface area contributed by atoms with Gasteiger partial charge in [0.25, 0.3) is 0 Å². The van der Waals surface area contributed by atoms with Crippen LogP contribution in [-0.2, 0) is 9.53 Å². The van der Waals surface area contributed by atoms with Crippen LogP contribution in [0, 0.1) is 6.92 Å². The summed E-state index contributed by atoms with van der Waals surface area (Å²) in [5, 5.41) is 0. The molecule has 4 nitrogen and oxygen atoms in total. The van der Waals surface area contributed by atoms with Gasteiger partial charge in [0.2, 0.25) is 0 Å². The molecule has 0 fully saturated rings. The highest BCUT2D eigenvalue weighted by Gasteiger charge is 2.11. The molecule has 0 aliphatic rings. The normalized spacial score (nSPS) is 10.9. The summed E-state index contributed by atoms with van der Waals surface area (Å²) in [5.74, 6) is 0.340. The Morgan fingerprint density at radius 1 is 0.909 bits per heavy atom. The number of hydrogen-bond donors (Lipinski definition) is 0.